The molecule has 244 valence electrons. The van der Waals surface area contributed by atoms with E-state index in [1.807, 2.05) is 0 Å². The summed E-state index contributed by atoms with van der Waals surface area (Å²) in [6, 6.07) is 58.5. The maximum absolute atomic E-state index is 2.50. The van der Waals surface area contributed by atoms with Crippen molar-refractivity contribution in [1.29, 1.82) is 0 Å². The monoisotopic (exact) mass is 645 g/mol. The standard InChI is InChI=1S/C49H43N/c1-49(2)44-24-14-23-42(36-17-8-4-9-18-36)48(44)43-31-30-40(33-45(43)49)50(39-28-25-35(26-29-39)34-15-6-3-7-16-34)46-32-27-37-19-12-13-22-41(37)47(46)38-20-10-5-11-21-38/h3,5-7,10-16,19-33,36H,4,8-9,17-18H2,1-2H3. The van der Waals surface area contributed by atoms with E-state index in [-0.39, 0.29) is 5.41 Å². The van der Waals surface area contributed by atoms with Crippen LogP contribution >= 0.6 is 0 Å². The molecule has 7 aromatic carbocycles. The molecule has 0 amide bonds. The van der Waals surface area contributed by atoms with Gasteiger partial charge in [-0.2, -0.15) is 0 Å². The second-order valence-corrected chi connectivity index (χ2v) is 14.8. The minimum Gasteiger partial charge on any atom is -0.310 e. The highest BCUT2D eigenvalue weighted by atomic mass is 15.1. The van der Waals surface area contributed by atoms with Gasteiger partial charge in [0.2, 0.25) is 0 Å². The fourth-order valence-corrected chi connectivity index (χ4v) is 8.91. The molecular weight excluding hydrogens is 603 g/mol. The summed E-state index contributed by atoms with van der Waals surface area (Å²) >= 11 is 0. The summed E-state index contributed by atoms with van der Waals surface area (Å²) in [5.74, 6) is 0.658. The van der Waals surface area contributed by atoms with Crippen molar-refractivity contribution in [1.82, 2.24) is 0 Å². The van der Waals surface area contributed by atoms with Crippen molar-refractivity contribution >= 4 is 27.8 Å². The molecule has 1 heteroatoms. The largest absolute Gasteiger partial charge is 0.310 e. The van der Waals surface area contributed by atoms with Crippen LogP contribution in [-0.2, 0) is 5.41 Å². The number of nitrogens with zero attached hydrogens (tertiary/aromatic N) is 1. The molecule has 0 heterocycles. The number of benzene rings is 7. The van der Waals surface area contributed by atoms with Crippen LogP contribution in [-0.4, -0.2) is 0 Å². The Kier molecular flexibility index (Phi) is 7.65. The molecule has 0 unspecified atom stereocenters. The number of anilines is 3. The van der Waals surface area contributed by atoms with E-state index < -0.39 is 0 Å². The van der Waals surface area contributed by atoms with Crippen LogP contribution in [0.25, 0.3) is 44.2 Å². The summed E-state index contributed by atoms with van der Waals surface area (Å²) in [6.45, 7) is 4.85. The van der Waals surface area contributed by atoms with Crippen molar-refractivity contribution in [3.8, 4) is 33.4 Å². The molecule has 0 aliphatic heterocycles. The van der Waals surface area contributed by atoms with Gasteiger partial charge in [0.05, 0.1) is 5.69 Å². The van der Waals surface area contributed by atoms with E-state index in [1.54, 1.807) is 5.56 Å². The topological polar surface area (TPSA) is 3.24 Å². The van der Waals surface area contributed by atoms with Gasteiger partial charge in [-0.3, -0.25) is 0 Å². The third-order valence-corrected chi connectivity index (χ3v) is 11.5. The Balaban J connectivity index is 1.26. The highest BCUT2D eigenvalue weighted by molar-refractivity contribution is 6.05. The van der Waals surface area contributed by atoms with E-state index in [2.05, 4.69) is 176 Å². The molecule has 0 bridgehead atoms. The Morgan fingerprint density at radius 1 is 0.500 bits per heavy atom. The summed E-state index contributed by atoms with van der Waals surface area (Å²) in [4.78, 5) is 2.49. The third-order valence-electron chi connectivity index (χ3n) is 11.5. The van der Waals surface area contributed by atoms with Gasteiger partial charge in [0, 0.05) is 22.4 Å². The van der Waals surface area contributed by atoms with Gasteiger partial charge < -0.3 is 4.90 Å². The van der Waals surface area contributed by atoms with E-state index in [1.165, 1.54) is 98.8 Å². The Bertz CT molecular complexity index is 2310. The summed E-state index contributed by atoms with van der Waals surface area (Å²) in [5.41, 5.74) is 15.7. The predicted molar refractivity (Wildman–Crippen MR) is 213 cm³/mol. The fourth-order valence-electron chi connectivity index (χ4n) is 8.91. The first-order chi connectivity index (χ1) is 24.6. The summed E-state index contributed by atoms with van der Waals surface area (Å²) in [5, 5.41) is 2.50. The van der Waals surface area contributed by atoms with Gasteiger partial charge in [0.15, 0.2) is 0 Å². The van der Waals surface area contributed by atoms with Gasteiger partial charge in [-0.05, 0) is 104 Å². The predicted octanol–water partition coefficient (Wildman–Crippen LogP) is 14.0. The van der Waals surface area contributed by atoms with E-state index in [0.717, 1.165) is 5.69 Å². The smallest absolute Gasteiger partial charge is 0.0546 e. The molecule has 7 aromatic rings. The van der Waals surface area contributed by atoms with Crippen molar-refractivity contribution in [3.63, 3.8) is 0 Å². The van der Waals surface area contributed by atoms with Crippen LogP contribution in [0.15, 0.2) is 158 Å². The lowest BCUT2D eigenvalue weighted by Crippen LogP contribution is -2.17. The normalized spacial score (nSPS) is 15.1. The molecular formula is C49H43N. The molecule has 1 saturated carbocycles. The van der Waals surface area contributed by atoms with Crippen molar-refractivity contribution in [2.75, 3.05) is 4.90 Å². The van der Waals surface area contributed by atoms with Gasteiger partial charge in [0.25, 0.3) is 0 Å². The van der Waals surface area contributed by atoms with E-state index >= 15 is 0 Å². The van der Waals surface area contributed by atoms with Gasteiger partial charge in [-0.1, -0.05) is 161 Å². The zero-order chi connectivity index (χ0) is 33.7. The van der Waals surface area contributed by atoms with Crippen molar-refractivity contribution in [2.45, 2.75) is 57.3 Å². The van der Waals surface area contributed by atoms with Crippen molar-refractivity contribution in [2.24, 2.45) is 0 Å². The first kappa shape index (κ1) is 30.6. The van der Waals surface area contributed by atoms with Crippen LogP contribution in [0.1, 0.15) is 68.6 Å². The van der Waals surface area contributed by atoms with Gasteiger partial charge in [-0.15, -0.1) is 0 Å². The molecule has 0 saturated heterocycles. The highest BCUT2D eigenvalue weighted by Gasteiger charge is 2.38. The minimum absolute atomic E-state index is 0.0974. The summed E-state index contributed by atoms with van der Waals surface area (Å²) in [6.07, 6.45) is 6.68. The van der Waals surface area contributed by atoms with Gasteiger partial charge in [-0.25, -0.2) is 0 Å². The maximum atomic E-state index is 2.50. The minimum atomic E-state index is -0.0974. The number of fused-ring (bicyclic) bond motifs is 4. The fraction of sp³-hybridized carbons (Fsp3) is 0.184. The van der Waals surface area contributed by atoms with Crippen molar-refractivity contribution in [3.05, 3.63) is 174 Å². The number of hydrogen-bond acceptors (Lipinski definition) is 1. The van der Waals surface area contributed by atoms with Gasteiger partial charge >= 0.3 is 0 Å². The zero-order valence-electron chi connectivity index (χ0n) is 29.1. The molecule has 2 aliphatic carbocycles. The summed E-state index contributed by atoms with van der Waals surface area (Å²) in [7, 11) is 0. The lowest BCUT2D eigenvalue weighted by Gasteiger charge is -2.30. The van der Waals surface area contributed by atoms with Crippen LogP contribution in [0.2, 0.25) is 0 Å². The number of rotatable bonds is 6. The second kappa shape index (κ2) is 12.5. The van der Waals surface area contributed by atoms with E-state index in [4.69, 9.17) is 0 Å². The van der Waals surface area contributed by atoms with Crippen LogP contribution in [0.4, 0.5) is 17.1 Å². The van der Waals surface area contributed by atoms with Crippen LogP contribution < -0.4 is 4.90 Å². The Hall–Kier alpha value is -5.40. The number of hydrogen-bond donors (Lipinski definition) is 0. The van der Waals surface area contributed by atoms with Crippen LogP contribution in [0, 0.1) is 0 Å². The molecule has 50 heavy (non-hydrogen) atoms. The van der Waals surface area contributed by atoms with Crippen LogP contribution in [0.5, 0.6) is 0 Å². The molecule has 0 radical (unpaired) electrons. The molecule has 0 spiro atoms. The average Bonchev–Trinajstić information content (AvgIpc) is 3.41. The molecule has 2 aliphatic rings. The molecule has 1 nitrogen and oxygen atoms in total. The van der Waals surface area contributed by atoms with Crippen molar-refractivity contribution < 1.29 is 0 Å². The maximum Gasteiger partial charge on any atom is 0.0546 e. The summed E-state index contributed by atoms with van der Waals surface area (Å²) < 4.78 is 0. The second-order valence-electron chi connectivity index (χ2n) is 14.8. The first-order valence-corrected chi connectivity index (χ1v) is 18.4. The SMILES string of the molecule is CC1(C)c2cc(N(c3ccc(-c4ccccc4)cc3)c3ccc4ccccc4c3-c3ccccc3)ccc2-c2c(C3CCCCC3)cccc21. The van der Waals surface area contributed by atoms with Gasteiger partial charge in [0.1, 0.15) is 0 Å². The lowest BCUT2D eigenvalue weighted by molar-refractivity contribution is 0.444. The quantitative estimate of drug-likeness (QED) is 0.174. The zero-order valence-corrected chi connectivity index (χ0v) is 29.1. The first-order valence-electron chi connectivity index (χ1n) is 18.4. The van der Waals surface area contributed by atoms with Crippen LogP contribution in [0.3, 0.4) is 0 Å². The molecule has 0 aromatic heterocycles. The Morgan fingerprint density at radius 2 is 1.16 bits per heavy atom. The van der Waals surface area contributed by atoms with E-state index in [9.17, 15) is 0 Å². The molecule has 9 rings (SSSR count). The average molecular weight is 646 g/mol. The Morgan fingerprint density at radius 3 is 1.92 bits per heavy atom. The highest BCUT2D eigenvalue weighted by Crippen LogP contribution is 2.54. The molecule has 0 N–H and O–H groups in total. The molecule has 0 atom stereocenters. The Labute approximate surface area is 296 Å². The van der Waals surface area contributed by atoms with E-state index in [0.29, 0.717) is 5.92 Å². The molecule has 1 fully saturated rings. The lowest BCUT2D eigenvalue weighted by atomic mass is 9.78. The third kappa shape index (κ3) is 5.15.